The first kappa shape index (κ1) is 15.9. The molecule has 8 heteroatoms. The number of rotatable bonds is 4. The van der Waals surface area contributed by atoms with Crippen LogP contribution in [-0.4, -0.2) is 15.5 Å². The normalized spacial score (nSPS) is 11.2. The zero-order valence-electron chi connectivity index (χ0n) is 10.7. The van der Waals surface area contributed by atoms with Crippen LogP contribution >= 0.6 is 23.2 Å². The molecule has 0 fully saturated rings. The Morgan fingerprint density at radius 2 is 1.81 bits per heavy atom. The third-order valence-corrected chi connectivity index (χ3v) is 4.74. The van der Waals surface area contributed by atoms with E-state index in [0.717, 1.165) is 6.07 Å². The van der Waals surface area contributed by atoms with Gasteiger partial charge in [0.1, 0.15) is 4.90 Å². The Kier molecular flexibility index (Phi) is 4.61. The van der Waals surface area contributed by atoms with Crippen LogP contribution in [0.5, 0.6) is 5.75 Å². The summed E-state index contributed by atoms with van der Waals surface area (Å²) >= 11 is 11.7. The number of hydrogen-bond donors (Lipinski definition) is 1. The van der Waals surface area contributed by atoms with Gasteiger partial charge in [0.05, 0.1) is 22.8 Å². The van der Waals surface area contributed by atoms with E-state index in [1.807, 2.05) is 0 Å². The van der Waals surface area contributed by atoms with E-state index in [2.05, 4.69) is 4.72 Å². The number of benzene rings is 2. The molecular formula is C13H10Cl2FNO3S. The highest BCUT2D eigenvalue weighted by atomic mass is 35.5. The third-order valence-electron chi connectivity index (χ3n) is 2.58. The molecule has 0 radical (unpaired) electrons. The first-order valence-corrected chi connectivity index (χ1v) is 7.89. The molecule has 0 aromatic heterocycles. The lowest BCUT2D eigenvalue weighted by atomic mass is 10.3. The Balaban J connectivity index is 2.40. The first-order chi connectivity index (χ1) is 9.85. The molecule has 0 saturated heterocycles. The van der Waals surface area contributed by atoms with Crippen molar-refractivity contribution in [2.24, 2.45) is 0 Å². The Hall–Kier alpha value is -1.50. The Morgan fingerprint density at radius 3 is 2.38 bits per heavy atom. The van der Waals surface area contributed by atoms with Crippen LogP contribution in [0.1, 0.15) is 0 Å². The summed E-state index contributed by atoms with van der Waals surface area (Å²) in [4.78, 5) is -0.112. The molecule has 0 bridgehead atoms. The van der Waals surface area contributed by atoms with E-state index in [1.54, 1.807) is 6.07 Å². The number of sulfonamides is 1. The van der Waals surface area contributed by atoms with E-state index < -0.39 is 15.8 Å². The van der Waals surface area contributed by atoms with Gasteiger partial charge in [-0.2, -0.15) is 0 Å². The molecule has 0 spiro atoms. The molecule has 112 valence electrons. The van der Waals surface area contributed by atoms with Crippen molar-refractivity contribution < 1.29 is 17.5 Å². The first-order valence-electron chi connectivity index (χ1n) is 5.65. The Labute approximate surface area is 131 Å². The van der Waals surface area contributed by atoms with Crippen LogP contribution in [0, 0.1) is 5.82 Å². The zero-order chi connectivity index (χ0) is 15.6. The lowest BCUT2D eigenvalue weighted by molar-refractivity contribution is 0.387. The van der Waals surface area contributed by atoms with Gasteiger partial charge in [0, 0.05) is 6.07 Å². The minimum Gasteiger partial charge on any atom is -0.492 e. The third kappa shape index (κ3) is 3.40. The van der Waals surface area contributed by atoms with E-state index in [-0.39, 0.29) is 26.4 Å². The van der Waals surface area contributed by atoms with Gasteiger partial charge in [-0.1, -0.05) is 35.3 Å². The minimum atomic E-state index is -3.95. The van der Waals surface area contributed by atoms with Crippen molar-refractivity contribution in [2.75, 3.05) is 11.8 Å². The SMILES string of the molecule is COc1c(F)cc(NS(=O)(=O)c2ccccc2Cl)cc1Cl. The van der Waals surface area contributed by atoms with Crippen molar-refractivity contribution in [2.45, 2.75) is 4.90 Å². The summed E-state index contributed by atoms with van der Waals surface area (Å²) in [5.74, 6) is -0.931. The number of nitrogens with one attached hydrogen (secondary N) is 1. The predicted molar refractivity (Wildman–Crippen MR) is 80.2 cm³/mol. The van der Waals surface area contributed by atoms with Gasteiger partial charge < -0.3 is 4.74 Å². The second kappa shape index (κ2) is 6.09. The number of ether oxygens (including phenoxy) is 1. The van der Waals surface area contributed by atoms with Crippen LogP contribution in [0.4, 0.5) is 10.1 Å². The van der Waals surface area contributed by atoms with Crippen LogP contribution < -0.4 is 9.46 Å². The molecule has 1 N–H and O–H groups in total. The van der Waals surface area contributed by atoms with Crippen LogP contribution in [0.15, 0.2) is 41.3 Å². The summed E-state index contributed by atoms with van der Waals surface area (Å²) in [6, 6.07) is 8.13. The van der Waals surface area contributed by atoms with Crippen molar-refractivity contribution in [3.05, 3.63) is 52.3 Å². The maximum Gasteiger partial charge on any atom is 0.263 e. The zero-order valence-corrected chi connectivity index (χ0v) is 13.1. The fourth-order valence-corrected chi connectivity index (χ4v) is 3.53. The summed E-state index contributed by atoms with van der Waals surface area (Å²) < 4.78 is 45.1. The second-order valence-corrected chi connectivity index (χ2v) is 6.47. The van der Waals surface area contributed by atoms with Gasteiger partial charge in [-0.25, -0.2) is 12.8 Å². The van der Waals surface area contributed by atoms with Crippen LogP contribution in [-0.2, 0) is 10.0 Å². The van der Waals surface area contributed by atoms with Crippen molar-refractivity contribution in [3.8, 4) is 5.75 Å². The fraction of sp³-hybridized carbons (Fsp3) is 0.0769. The standard InChI is InChI=1S/C13H10Cl2FNO3S/c1-20-13-10(15)6-8(7-11(13)16)17-21(18,19)12-5-3-2-4-9(12)14/h2-7,17H,1H3. The molecule has 0 aliphatic carbocycles. The fourth-order valence-electron chi connectivity index (χ4n) is 1.69. The molecule has 2 rings (SSSR count). The lowest BCUT2D eigenvalue weighted by Crippen LogP contribution is -2.13. The molecule has 0 aliphatic rings. The molecule has 2 aromatic rings. The molecule has 0 unspecified atom stereocenters. The van der Waals surface area contributed by atoms with E-state index in [9.17, 15) is 12.8 Å². The molecule has 4 nitrogen and oxygen atoms in total. The largest absolute Gasteiger partial charge is 0.492 e. The highest BCUT2D eigenvalue weighted by Crippen LogP contribution is 2.32. The second-order valence-electron chi connectivity index (χ2n) is 4.01. The summed E-state index contributed by atoms with van der Waals surface area (Å²) in [6.45, 7) is 0. The number of halogens is 3. The van der Waals surface area contributed by atoms with Crippen molar-refractivity contribution in [1.82, 2.24) is 0 Å². The molecule has 0 amide bonds. The van der Waals surface area contributed by atoms with Crippen LogP contribution in [0.25, 0.3) is 0 Å². The van der Waals surface area contributed by atoms with Gasteiger partial charge in [-0.3, -0.25) is 4.72 Å². The van der Waals surface area contributed by atoms with E-state index >= 15 is 0 Å². The maximum absolute atomic E-state index is 13.7. The quantitative estimate of drug-likeness (QED) is 0.909. The molecule has 2 aromatic carbocycles. The summed E-state index contributed by atoms with van der Waals surface area (Å²) in [7, 11) is -2.68. The highest BCUT2D eigenvalue weighted by molar-refractivity contribution is 7.92. The van der Waals surface area contributed by atoms with Gasteiger partial charge in [-0.05, 0) is 18.2 Å². The predicted octanol–water partition coefficient (Wildman–Crippen LogP) is 3.94. The minimum absolute atomic E-state index is 0.0294. The summed E-state index contributed by atoms with van der Waals surface area (Å²) in [6.07, 6.45) is 0. The average Bonchev–Trinajstić information content (AvgIpc) is 2.38. The lowest BCUT2D eigenvalue weighted by Gasteiger charge is -2.11. The molecule has 0 heterocycles. The average molecular weight is 350 g/mol. The molecule has 0 atom stereocenters. The van der Waals surface area contributed by atoms with Crippen molar-refractivity contribution >= 4 is 38.9 Å². The van der Waals surface area contributed by atoms with Crippen LogP contribution in [0.2, 0.25) is 10.0 Å². The molecular weight excluding hydrogens is 340 g/mol. The number of anilines is 1. The summed E-state index contributed by atoms with van der Waals surface area (Å²) in [5.41, 5.74) is -0.0294. The smallest absolute Gasteiger partial charge is 0.263 e. The van der Waals surface area contributed by atoms with Crippen molar-refractivity contribution in [3.63, 3.8) is 0 Å². The van der Waals surface area contributed by atoms with Gasteiger partial charge in [0.25, 0.3) is 10.0 Å². The van der Waals surface area contributed by atoms with E-state index in [0.29, 0.717) is 0 Å². The van der Waals surface area contributed by atoms with Gasteiger partial charge in [-0.15, -0.1) is 0 Å². The van der Waals surface area contributed by atoms with E-state index in [1.165, 1.54) is 31.4 Å². The Bertz CT molecular complexity index is 758. The van der Waals surface area contributed by atoms with Gasteiger partial charge >= 0.3 is 0 Å². The van der Waals surface area contributed by atoms with Crippen molar-refractivity contribution in [1.29, 1.82) is 0 Å². The van der Waals surface area contributed by atoms with Gasteiger partial charge in [0.2, 0.25) is 0 Å². The monoisotopic (exact) mass is 349 g/mol. The Morgan fingerprint density at radius 1 is 1.14 bits per heavy atom. The van der Waals surface area contributed by atoms with Gasteiger partial charge in [0.15, 0.2) is 11.6 Å². The van der Waals surface area contributed by atoms with E-state index in [4.69, 9.17) is 27.9 Å². The summed E-state index contributed by atoms with van der Waals surface area (Å²) in [5, 5.41) is 0.0134. The molecule has 0 aliphatic heterocycles. The van der Waals surface area contributed by atoms with Crippen LogP contribution in [0.3, 0.4) is 0 Å². The number of methoxy groups -OCH3 is 1. The molecule has 0 saturated carbocycles. The number of hydrogen-bond acceptors (Lipinski definition) is 3. The molecule has 21 heavy (non-hydrogen) atoms. The topological polar surface area (TPSA) is 55.4 Å². The maximum atomic E-state index is 13.7. The highest BCUT2D eigenvalue weighted by Gasteiger charge is 2.19.